The Morgan fingerprint density at radius 1 is 1.31 bits per heavy atom. The Morgan fingerprint density at radius 3 is 2.69 bits per heavy atom. The quantitative estimate of drug-likeness (QED) is 0.565. The lowest BCUT2D eigenvalue weighted by Crippen LogP contribution is -2.38. The van der Waals surface area contributed by atoms with Gasteiger partial charge in [-0.3, -0.25) is 4.79 Å². The van der Waals surface area contributed by atoms with E-state index in [9.17, 15) is 4.79 Å². The molecule has 3 nitrogen and oxygen atoms in total. The van der Waals surface area contributed by atoms with Gasteiger partial charge in [0.05, 0.1) is 6.54 Å². The maximum Gasteiger partial charge on any atom is 0.257 e. The summed E-state index contributed by atoms with van der Waals surface area (Å²) in [4.78, 5) is 10.8. The zero-order valence-electron chi connectivity index (χ0n) is 9.81. The van der Waals surface area contributed by atoms with Crippen LogP contribution in [0.4, 0.5) is 0 Å². The number of nitrogens with zero attached hydrogens (tertiary/aromatic N) is 2. The SMILES string of the molecule is CCc1n(CC)c2ccccc2[n+]1CC=O. The molecule has 0 aliphatic carbocycles. The van der Waals surface area contributed by atoms with Crippen molar-refractivity contribution in [2.24, 2.45) is 0 Å². The average molecular weight is 217 g/mol. The Labute approximate surface area is 95.3 Å². The minimum atomic E-state index is 0.441. The van der Waals surface area contributed by atoms with Crippen LogP contribution in [0, 0.1) is 0 Å². The molecule has 1 heterocycles. The van der Waals surface area contributed by atoms with Gasteiger partial charge in [-0.05, 0) is 19.1 Å². The summed E-state index contributed by atoms with van der Waals surface area (Å²) in [7, 11) is 0. The van der Waals surface area contributed by atoms with E-state index in [1.54, 1.807) is 0 Å². The number of benzene rings is 1. The van der Waals surface area contributed by atoms with Crippen molar-refractivity contribution in [1.82, 2.24) is 4.57 Å². The third kappa shape index (κ3) is 1.52. The third-order valence-corrected chi connectivity index (χ3v) is 2.98. The van der Waals surface area contributed by atoms with Crippen molar-refractivity contribution >= 4 is 17.3 Å². The van der Waals surface area contributed by atoms with Gasteiger partial charge in [0, 0.05) is 6.42 Å². The van der Waals surface area contributed by atoms with Crippen LogP contribution < -0.4 is 4.57 Å². The number of hydrogen-bond donors (Lipinski definition) is 0. The van der Waals surface area contributed by atoms with Crippen LogP contribution in [0.3, 0.4) is 0 Å². The summed E-state index contributed by atoms with van der Waals surface area (Å²) in [5.41, 5.74) is 2.36. The number of carbonyl (C=O) groups excluding carboxylic acids is 1. The number of carbonyl (C=O) groups is 1. The van der Waals surface area contributed by atoms with Crippen molar-refractivity contribution in [1.29, 1.82) is 0 Å². The highest BCUT2D eigenvalue weighted by atomic mass is 16.1. The topological polar surface area (TPSA) is 25.9 Å². The fourth-order valence-corrected chi connectivity index (χ4v) is 2.36. The molecule has 0 aliphatic rings. The number of aryl methyl sites for hydroxylation is 1. The molecule has 0 saturated heterocycles. The number of aromatic nitrogens is 2. The van der Waals surface area contributed by atoms with Crippen molar-refractivity contribution in [2.45, 2.75) is 33.4 Å². The predicted octanol–water partition coefficient (Wildman–Crippen LogP) is 1.71. The monoisotopic (exact) mass is 217 g/mol. The minimum absolute atomic E-state index is 0.441. The van der Waals surface area contributed by atoms with E-state index in [2.05, 4.69) is 35.1 Å². The Morgan fingerprint density at radius 2 is 2.06 bits per heavy atom. The fourth-order valence-electron chi connectivity index (χ4n) is 2.36. The first-order valence-electron chi connectivity index (χ1n) is 5.77. The second kappa shape index (κ2) is 4.47. The van der Waals surface area contributed by atoms with Crippen LogP contribution in [0.25, 0.3) is 11.0 Å². The molecule has 0 atom stereocenters. The lowest BCUT2D eigenvalue weighted by molar-refractivity contribution is -0.665. The number of hydrogen-bond acceptors (Lipinski definition) is 1. The van der Waals surface area contributed by atoms with Gasteiger partial charge in [0.1, 0.15) is 6.54 Å². The van der Waals surface area contributed by atoms with E-state index in [1.807, 2.05) is 12.1 Å². The van der Waals surface area contributed by atoms with Crippen molar-refractivity contribution in [3.63, 3.8) is 0 Å². The maximum atomic E-state index is 10.8. The van der Waals surface area contributed by atoms with Crippen LogP contribution >= 0.6 is 0 Å². The second-order valence-corrected chi connectivity index (χ2v) is 3.78. The first-order valence-corrected chi connectivity index (χ1v) is 5.77. The summed E-state index contributed by atoms with van der Waals surface area (Å²) in [6, 6.07) is 8.24. The molecule has 0 N–H and O–H groups in total. The fraction of sp³-hybridized carbons (Fsp3) is 0.385. The highest BCUT2D eigenvalue weighted by Crippen LogP contribution is 2.14. The molecule has 0 radical (unpaired) electrons. The van der Waals surface area contributed by atoms with Crippen LogP contribution in [0.5, 0.6) is 0 Å². The Hall–Kier alpha value is -1.64. The molecular weight excluding hydrogens is 200 g/mol. The molecule has 0 unspecified atom stereocenters. The number of fused-ring (bicyclic) bond motifs is 1. The van der Waals surface area contributed by atoms with E-state index < -0.39 is 0 Å². The van der Waals surface area contributed by atoms with E-state index in [-0.39, 0.29) is 0 Å². The van der Waals surface area contributed by atoms with Crippen LogP contribution in [0.1, 0.15) is 19.7 Å². The summed E-state index contributed by atoms with van der Waals surface area (Å²) in [5, 5.41) is 0. The van der Waals surface area contributed by atoms with Gasteiger partial charge in [-0.2, -0.15) is 0 Å². The minimum Gasteiger partial charge on any atom is -0.299 e. The number of imidazole rings is 1. The van der Waals surface area contributed by atoms with Gasteiger partial charge in [-0.1, -0.05) is 19.1 Å². The average Bonchev–Trinajstić information content (AvgIpc) is 2.63. The van der Waals surface area contributed by atoms with Crippen molar-refractivity contribution in [3.05, 3.63) is 30.1 Å². The van der Waals surface area contributed by atoms with Crippen LogP contribution in [-0.4, -0.2) is 10.9 Å². The first kappa shape index (κ1) is 10.9. The zero-order valence-corrected chi connectivity index (χ0v) is 9.81. The lowest BCUT2D eigenvalue weighted by Gasteiger charge is -1.97. The highest BCUT2D eigenvalue weighted by Gasteiger charge is 2.21. The van der Waals surface area contributed by atoms with E-state index in [0.717, 1.165) is 24.8 Å². The first-order chi connectivity index (χ1) is 7.83. The Balaban J connectivity index is 2.78. The molecule has 16 heavy (non-hydrogen) atoms. The number of aldehydes is 1. The number of rotatable bonds is 4. The number of para-hydroxylation sites is 2. The van der Waals surface area contributed by atoms with Gasteiger partial charge >= 0.3 is 0 Å². The molecule has 3 heteroatoms. The normalized spacial score (nSPS) is 10.9. The lowest BCUT2D eigenvalue weighted by atomic mass is 10.3. The van der Waals surface area contributed by atoms with E-state index in [4.69, 9.17) is 0 Å². The van der Waals surface area contributed by atoms with Crippen LogP contribution in [-0.2, 0) is 24.3 Å². The smallest absolute Gasteiger partial charge is 0.257 e. The van der Waals surface area contributed by atoms with Gasteiger partial charge in [0.15, 0.2) is 17.3 Å². The van der Waals surface area contributed by atoms with Gasteiger partial charge in [0.2, 0.25) is 0 Å². The van der Waals surface area contributed by atoms with E-state index >= 15 is 0 Å². The molecule has 0 spiro atoms. The van der Waals surface area contributed by atoms with Crippen molar-refractivity contribution < 1.29 is 9.36 Å². The highest BCUT2D eigenvalue weighted by molar-refractivity contribution is 5.72. The molecular formula is C13H17N2O+. The summed E-state index contributed by atoms with van der Waals surface area (Å²) in [6.45, 7) is 5.64. The molecule has 2 rings (SSSR count). The van der Waals surface area contributed by atoms with E-state index in [0.29, 0.717) is 6.54 Å². The molecule has 0 bridgehead atoms. The van der Waals surface area contributed by atoms with Gasteiger partial charge < -0.3 is 0 Å². The van der Waals surface area contributed by atoms with Gasteiger partial charge in [-0.25, -0.2) is 9.13 Å². The van der Waals surface area contributed by atoms with Gasteiger partial charge in [-0.15, -0.1) is 0 Å². The largest absolute Gasteiger partial charge is 0.299 e. The third-order valence-electron chi connectivity index (χ3n) is 2.98. The van der Waals surface area contributed by atoms with Crippen molar-refractivity contribution in [3.8, 4) is 0 Å². The molecule has 1 aromatic carbocycles. The van der Waals surface area contributed by atoms with Crippen LogP contribution in [0.15, 0.2) is 24.3 Å². The van der Waals surface area contributed by atoms with E-state index in [1.165, 1.54) is 11.3 Å². The summed E-state index contributed by atoms with van der Waals surface area (Å²) < 4.78 is 4.38. The van der Waals surface area contributed by atoms with Gasteiger partial charge in [0.25, 0.3) is 5.82 Å². The zero-order chi connectivity index (χ0) is 11.5. The standard InChI is InChI=1S/C13H17N2O/c1-3-13-14(4-2)11-7-5-6-8-12(11)15(13)9-10-16/h5-8,10H,3-4,9H2,1-2H3/q+1. The summed E-state index contributed by atoms with van der Waals surface area (Å²) >= 11 is 0. The van der Waals surface area contributed by atoms with Crippen LogP contribution in [0.2, 0.25) is 0 Å². The Bertz CT molecular complexity index is 514. The molecule has 0 saturated carbocycles. The summed E-state index contributed by atoms with van der Waals surface area (Å²) in [6.07, 6.45) is 1.90. The molecule has 0 aliphatic heterocycles. The van der Waals surface area contributed by atoms with Crippen molar-refractivity contribution in [2.75, 3.05) is 0 Å². The Kier molecular flexibility index (Phi) is 3.04. The molecule has 84 valence electrons. The molecule has 2 aromatic rings. The maximum absolute atomic E-state index is 10.8. The summed E-state index contributed by atoms with van der Waals surface area (Å²) in [5.74, 6) is 1.22. The molecule has 1 aromatic heterocycles. The molecule has 0 fully saturated rings. The second-order valence-electron chi connectivity index (χ2n) is 3.78. The molecule has 0 amide bonds. The predicted molar refractivity (Wildman–Crippen MR) is 63.2 cm³/mol.